The van der Waals surface area contributed by atoms with Crippen LogP contribution in [-0.2, 0) is 19.1 Å². The van der Waals surface area contributed by atoms with E-state index in [9.17, 15) is 14.4 Å². The summed E-state index contributed by atoms with van der Waals surface area (Å²) in [6, 6.07) is 0. The molecule has 0 aliphatic heterocycles. The molecule has 1 unspecified atom stereocenters. The molecule has 0 saturated heterocycles. The molecule has 0 heterocycles. The van der Waals surface area contributed by atoms with Crippen LogP contribution in [0.15, 0.2) is 48.6 Å². The van der Waals surface area contributed by atoms with Gasteiger partial charge in [-0.1, -0.05) is 191 Å². The second-order valence-corrected chi connectivity index (χ2v) is 16.0. The Labute approximate surface area is 346 Å². The van der Waals surface area contributed by atoms with Crippen molar-refractivity contribution in [2.75, 3.05) is 6.54 Å². The predicted octanol–water partition coefficient (Wildman–Crippen LogP) is 15.0. The summed E-state index contributed by atoms with van der Waals surface area (Å²) >= 11 is 0. The van der Waals surface area contributed by atoms with E-state index in [1.807, 2.05) is 0 Å². The zero-order valence-corrected chi connectivity index (χ0v) is 36.7. The van der Waals surface area contributed by atoms with Crippen molar-refractivity contribution in [2.45, 2.75) is 245 Å². The molecule has 0 rings (SSSR count). The average Bonchev–Trinajstić information content (AvgIpc) is 3.18. The Morgan fingerprint density at radius 2 is 0.875 bits per heavy atom. The number of nitrogens with one attached hydrogen (secondary N) is 1. The van der Waals surface area contributed by atoms with Crippen LogP contribution in [0.5, 0.6) is 0 Å². The number of hydrogen-bond donors (Lipinski definition) is 2. The largest absolute Gasteiger partial charge is 0.480 e. The van der Waals surface area contributed by atoms with Gasteiger partial charge in [-0.25, -0.2) is 0 Å². The minimum Gasteiger partial charge on any atom is -0.480 e. The molecule has 0 aromatic heterocycles. The van der Waals surface area contributed by atoms with Gasteiger partial charge < -0.3 is 15.2 Å². The maximum Gasteiger partial charge on any atom is 0.322 e. The van der Waals surface area contributed by atoms with Gasteiger partial charge in [0.1, 0.15) is 12.6 Å². The molecule has 2 N–H and O–H groups in total. The maximum atomic E-state index is 12.7. The van der Waals surface area contributed by atoms with E-state index in [0.29, 0.717) is 12.8 Å². The van der Waals surface area contributed by atoms with Gasteiger partial charge in [-0.15, -0.1) is 0 Å². The molecule has 324 valence electrons. The highest BCUT2D eigenvalue weighted by Gasteiger charge is 2.11. The zero-order valence-electron chi connectivity index (χ0n) is 36.7. The lowest BCUT2D eigenvalue weighted by molar-refractivity contribution is -0.147. The Balaban J connectivity index is 4.08. The number of hydrogen-bond acceptors (Lipinski definition) is 4. The monoisotopic (exact) mass is 784 g/mol. The van der Waals surface area contributed by atoms with Crippen molar-refractivity contribution >= 4 is 17.8 Å². The second kappa shape index (κ2) is 45.1. The van der Waals surface area contributed by atoms with E-state index >= 15 is 0 Å². The first kappa shape index (κ1) is 53.4. The van der Waals surface area contributed by atoms with Crippen LogP contribution < -0.4 is 5.32 Å². The van der Waals surface area contributed by atoms with Crippen LogP contribution >= 0.6 is 0 Å². The van der Waals surface area contributed by atoms with Crippen molar-refractivity contribution in [1.82, 2.24) is 5.32 Å². The number of carboxylic acid groups (broad SMARTS) is 1. The highest BCUT2D eigenvalue weighted by atomic mass is 16.5. The molecule has 0 fully saturated rings. The summed E-state index contributed by atoms with van der Waals surface area (Å²) in [6.07, 6.45) is 58.4. The molecule has 6 nitrogen and oxygen atoms in total. The molecule has 0 radical (unpaired) electrons. The minimum atomic E-state index is -1.02. The fourth-order valence-corrected chi connectivity index (χ4v) is 6.91. The summed E-state index contributed by atoms with van der Waals surface area (Å²) in [6.45, 7) is 4.19. The molecule has 0 aromatic rings. The van der Waals surface area contributed by atoms with Crippen LogP contribution in [0, 0.1) is 0 Å². The third-order valence-electron chi connectivity index (χ3n) is 10.5. The molecule has 0 saturated carbocycles. The first-order chi connectivity index (χ1) is 27.5. The van der Waals surface area contributed by atoms with Crippen LogP contribution in [0.4, 0.5) is 0 Å². The average molecular weight is 784 g/mol. The topological polar surface area (TPSA) is 92.7 Å². The maximum absolute atomic E-state index is 12.7. The van der Waals surface area contributed by atoms with Gasteiger partial charge in [-0.05, 0) is 83.1 Å². The van der Waals surface area contributed by atoms with Crippen molar-refractivity contribution in [3.63, 3.8) is 0 Å². The normalized spacial score (nSPS) is 12.5. The molecule has 1 atom stereocenters. The van der Waals surface area contributed by atoms with Gasteiger partial charge in [0.05, 0.1) is 0 Å². The lowest BCUT2D eigenvalue weighted by atomic mass is 10.0. The number of rotatable bonds is 43. The number of ether oxygens (including phenoxy) is 1. The van der Waals surface area contributed by atoms with Crippen LogP contribution in [0.2, 0.25) is 0 Å². The first-order valence-corrected chi connectivity index (χ1v) is 23.8. The molecule has 0 bridgehead atoms. The number of carbonyl (C=O) groups is 3. The molecule has 0 aliphatic carbocycles. The summed E-state index contributed by atoms with van der Waals surface area (Å²) in [5, 5.41) is 11.1. The third-order valence-corrected chi connectivity index (χ3v) is 10.5. The van der Waals surface area contributed by atoms with Crippen LogP contribution in [0.3, 0.4) is 0 Å². The third kappa shape index (κ3) is 44.1. The Kier molecular flexibility index (Phi) is 43.0. The SMILES string of the molecule is CCCCC/C=C\C/C=C\C/C=C\C(CCCCCCCC(=O)NCC(=O)O)OC(=O)CCCCCCCCCCCCC/C=C\CCCCCCCCCC. The molecular weight excluding hydrogens is 695 g/mol. The van der Waals surface area contributed by atoms with Crippen molar-refractivity contribution in [3.8, 4) is 0 Å². The fraction of sp³-hybridized carbons (Fsp3) is 0.780. The number of esters is 1. The summed E-state index contributed by atoms with van der Waals surface area (Å²) in [4.78, 5) is 35.0. The first-order valence-electron chi connectivity index (χ1n) is 23.8. The summed E-state index contributed by atoms with van der Waals surface area (Å²) in [5.41, 5.74) is 0. The molecule has 6 heteroatoms. The smallest absolute Gasteiger partial charge is 0.322 e. The van der Waals surface area contributed by atoms with Gasteiger partial charge in [0.2, 0.25) is 5.91 Å². The molecule has 0 aliphatic rings. The van der Waals surface area contributed by atoms with Gasteiger partial charge in [0, 0.05) is 12.8 Å². The summed E-state index contributed by atoms with van der Waals surface area (Å²) < 4.78 is 5.93. The number of amides is 1. The van der Waals surface area contributed by atoms with Crippen molar-refractivity contribution < 1.29 is 24.2 Å². The van der Waals surface area contributed by atoms with E-state index in [1.165, 1.54) is 141 Å². The Morgan fingerprint density at radius 3 is 1.41 bits per heavy atom. The fourth-order valence-electron chi connectivity index (χ4n) is 6.91. The van der Waals surface area contributed by atoms with Crippen LogP contribution in [0.1, 0.15) is 239 Å². The molecule has 1 amide bonds. The van der Waals surface area contributed by atoms with E-state index in [-0.39, 0.29) is 24.5 Å². The molecule has 56 heavy (non-hydrogen) atoms. The van der Waals surface area contributed by atoms with E-state index in [2.05, 4.69) is 67.8 Å². The Hall–Kier alpha value is -2.63. The number of carboxylic acids is 1. The van der Waals surface area contributed by atoms with Gasteiger partial charge in [-0.2, -0.15) is 0 Å². The Bertz CT molecular complexity index is 999. The van der Waals surface area contributed by atoms with Gasteiger partial charge in [0.25, 0.3) is 0 Å². The van der Waals surface area contributed by atoms with E-state index in [1.54, 1.807) is 0 Å². The van der Waals surface area contributed by atoms with E-state index in [0.717, 1.165) is 70.6 Å². The zero-order chi connectivity index (χ0) is 40.8. The van der Waals surface area contributed by atoms with Gasteiger partial charge in [-0.3, -0.25) is 14.4 Å². The number of unbranched alkanes of at least 4 members (excludes halogenated alkanes) is 26. The summed E-state index contributed by atoms with van der Waals surface area (Å²) in [5.74, 6) is -1.32. The molecular formula is C50H89NO5. The lowest BCUT2D eigenvalue weighted by Crippen LogP contribution is -2.28. The van der Waals surface area contributed by atoms with Gasteiger partial charge >= 0.3 is 11.9 Å². The highest BCUT2D eigenvalue weighted by molar-refractivity contribution is 5.80. The Morgan fingerprint density at radius 1 is 0.482 bits per heavy atom. The summed E-state index contributed by atoms with van der Waals surface area (Å²) in [7, 11) is 0. The molecule has 0 spiro atoms. The molecule has 0 aromatic carbocycles. The van der Waals surface area contributed by atoms with Crippen LogP contribution in [-0.4, -0.2) is 35.6 Å². The van der Waals surface area contributed by atoms with Crippen LogP contribution in [0.25, 0.3) is 0 Å². The number of aliphatic carboxylic acids is 1. The van der Waals surface area contributed by atoms with Crippen molar-refractivity contribution in [3.05, 3.63) is 48.6 Å². The highest BCUT2D eigenvalue weighted by Crippen LogP contribution is 2.16. The van der Waals surface area contributed by atoms with Crippen molar-refractivity contribution in [1.29, 1.82) is 0 Å². The van der Waals surface area contributed by atoms with E-state index in [4.69, 9.17) is 9.84 Å². The number of allylic oxidation sites excluding steroid dienone is 7. The quantitative estimate of drug-likeness (QED) is 0.0365. The van der Waals surface area contributed by atoms with E-state index < -0.39 is 5.97 Å². The second-order valence-electron chi connectivity index (χ2n) is 16.0. The number of carbonyl (C=O) groups excluding carboxylic acids is 2. The van der Waals surface area contributed by atoms with Gasteiger partial charge in [0.15, 0.2) is 0 Å². The predicted molar refractivity (Wildman–Crippen MR) is 240 cm³/mol. The minimum absolute atomic E-state index is 0.0882. The van der Waals surface area contributed by atoms with Crippen molar-refractivity contribution in [2.24, 2.45) is 0 Å². The lowest BCUT2D eigenvalue weighted by Gasteiger charge is -2.14. The standard InChI is InChI=1S/C50H89NO5/c1-3-5-7-9-11-13-15-16-17-18-19-20-21-22-23-24-25-26-28-30-32-37-41-45-50(55)56-47(42-38-34-31-29-27-14-12-10-8-6-4-2)43-39-35-33-36-40-44-48(52)51-46-49(53)54/h12,14,18-19,29,31,38,42,47H,3-11,13,15-17,20-28,30,32-37,39-41,43-46H2,1-2H3,(H,51,52)(H,53,54)/b14-12-,19-18-,31-29-,42-38-.